The summed E-state index contributed by atoms with van der Waals surface area (Å²) >= 11 is 1.06. The van der Waals surface area contributed by atoms with Crippen molar-refractivity contribution in [2.24, 2.45) is 5.92 Å². The van der Waals surface area contributed by atoms with Crippen molar-refractivity contribution in [3.63, 3.8) is 0 Å². The second-order valence-corrected chi connectivity index (χ2v) is 10.3. The zero-order valence-corrected chi connectivity index (χ0v) is 21.0. The molecule has 37 heavy (non-hydrogen) atoms. The molecule has 1 amide bonds. The van der Waals surface area contributed by atoms with Crippen LogP contribution < -0.4 is 5.43 Å². The number of fused-ring (bicyclic) bond motifs is 1. The number of hydrogen-bond acceptors (Lipinski definition) is 8. The van der Waals surface area contributed by atoms with Gasteiger partial charge in [0.1, 0.15) is 16.6 Å². The molecule has 0 saturated heterocycles. The summed E-state index contributed by atoms with van der Waals surface area (Å²) < 4.78 is 39.7. The average molecular weight is 533 g/mol. The number of carbonyl (C=O) groups excluding carboxylic acids is 1. The van der Waals surface area contributed by atoms with E-state index in [4.69, 9.17) is 9.47 Å². The lowest BCUT2D eigenvalue weighted by molar-refractivity contribution is 0.0334. The van der Waals surface area contributed by atoms with Crippen LogP contribution in [0.4, 0.5) is 8.78 Å². The molecule has 2 aromatic heterocycles. The van der Waals surface area contributed by atoms with Crippen LogP contribution in [0.2, 0.25) is 0 Å². The van der Waals surface area contributed by atoms with Crippen molar-refractivity contribution < 1.29 is 28.2 Å². The molecule has 1 saturated carbocycles. The van der Waals surface area contributed by atoms with Crippen molar-refractivity contribution >= 4 is 17.2 Å². The zero-order chi connectivity index (χ0) is 26.1. The summed E-state index contributed by atoms with van der Waals surface area (Å²) in [7, 11) is 1.57. The van der Waals surface area contributed by atoms with Gasteiger partial charge in [-0.25, -0.2) is 8.78 Å². The van der Waals surface area contributed by atoms with Crippen LogP contribution in [0.1, 0.15) is 39.9 Å². The third-order valence-corrected chi connectivity index (χ3v) is 7.45. The second-order valence-electron chi connectivity index (χ2n) is 9.26. The quantitative estimate of drug-likeness (QED) is 0.400. The molecule has 5 rings (SSSR count). The summed E-state index contributed by atoms with van der Waals surface area (Å²) in [5.74, 6) is -1.99. The SMILES string of the molecule is COCCOC[C@H]1CN(CC2CC2)C(=O)c2c(O)c(=O)c(-c3nnc(Cc4ccc(F)cc4F)s3)cn21. The zero-order valence-electron chi connectivity index (χ0n) is 20.2. The Labute approximate surface area is 215 Å². The molecule has 9 nitrogen and oxygen atoms in total. The van der Waals surface area contributed by atoms with Gasteiger partial charge in [-0.3, -0.25) is 9.59 Å². The van der Waals surface area contributed by atoms with Crippen LogP contribution in [-0.2, 0) is 15.9 Å². The summed E-state index contributed by atoms with van der Waals surface area (Å²) in [4.78, 5) is 28.1. The lowest BCUT2D eigenvalue weighted by atomic mass is 10.1. The van der Waals surface area contributed by atoms with Gasteiger partial charge < -0.3 is 24.0 Å². The van der Waals surface area contributed by atoms with Gasteiger partial charge in [0.15, 0.2) is 16.5 Å². The van der Waals surface area contributed by atoms with E-state index in [9.17, 15) is 23.5 Å². The minimum Gasteiger partial charge on any atom is -0.503 e. The van der Waals surface area contributed by atoms with Gasteiger partial charge in [0.25, 0.3) is 5.91 Å². The van der Waals surface area contributed by atoms with Gasteiger partial charge in [-0.15, -0.1) is 10.2 Å². The molecule has 2 aliphatic rings. The minimum absolute atomic E-state index is 0.0621. The molecule has 1 aliphatic carbocycles. The first-order valence-corrected chi connectivity index (χ1v) is 12.8. The van der Waals surface area contributed by atoms with E-state index < -0.39 is 28.7 Å². The van der Waals surface area contributed by atoms with E-state index in [1.54, 1.807) is 16.6 Å². The predicted molar refractivity (Wildman–Crippen MR) is 131 cm³/mol. The maximum absolute atomic E-state index is 14.1. The maximum Gasteiger partial charge on any atom is 0.274 e. The van der Waals surface area contributed by atoms with Crippen molar-refractivity contribution in [1.82, 2.24) is 19.7 Å². The van der Waals surface area contributed by atoms with E-state index in [-0.39, 0.29) is 40.9 Å². The Bertz CT molecular complexity index is 1370. The van der Waals surface area contributed by atoms with Gasteiger partial charge in [0.05, 0.1) is 31.4 Å². The van der Waals surface area contributed by atoms with E-state index in [0.717, 1.165) is 36.3 Å². The number of aromatic nitrogens is 3. The number of aromatic hydroxyl groups is 1. The number of rotatable bonds is 10. The highest BCUT2D eigenvalue weighted by Crippen LogP contribution is 2.35. The predicted octanol–water partition coefficient (Wildman–Crippen LogP) is 3.01. The Kier molecular flexibility index (Phi) is 7.31. The molecular formula is C25H26F2N4O5S. The number of nitrogens with zero attached hydrogens (tertiary/aromatic N) is 4. The largest absolute Gasteiger partial charge is 0.503 e. The number of ether oxygens (including phenoxy) is 2. The van der Waals surface area contributed by atoms with E-state index in [2.05, 4.69) is 10.2 Å². The second kappa shape index (κ2) is 10.6. The van der Waals surface area contributed by atoms with Crippen molar-refractivity contribution in [2.45, 2.75) is 25.3 Å². The van der Waals surface area contributed by atoms with Crippen LogP contribution in [0.15, 0.2) is 29.2 Å². The Morgan fingerprint density at radius 1 is 1.19 bits per heavy atom. The first kappa shape index (κ1) is 25.4. The highest BCUT2D eigenvalue weighted by Gasteiger charge is 2.37. The first-order valence-electron chi connectivity index (χ1n) is 12.0. The molecule has 1 atom stereocenters. The van der Waals surface area contributed by atoms with Crippen LogP contribution >= 0.6 is 11.3 Å². The summed E-state index contributed by atoms with van der Waals surface area (Å²) in [5.41, 5.74) is -0.486. The lowest BCUT2D eigenvalue weighted by Crippen LogP contribution is -2.46. The molecule has 0 bridgehead atoms. The van der Waals surface area contributed by atoms with Crippen LogP contribution in [0.3, 0.4) is 0 Å². The smallest absolute Gasteiger partial charge is 0.274 e. The molecule has 3 heterocycles. The standard InChI is InChI=1S/C25H26F2N4O5S/c1-35-6-7-36-13-17-11-30(10-14-2-3-14)25(34)21-23(33)22(32)18(12-31(17)21)24-29-28-20(37-24)8-15-4-5-16(26)9-19(15)27/h4-5,9,12,14,17,33H,2-3,6-8,10-11,13H2,1H3/t17-/m1/s1. The molecule has 12 heteroatoms. The Morgan fingerprint density at radius 3 is 2.73 bits per heavy atom. The summed E-state index contributed by atoms with van der Waals surface area (Å²) in [6.07, 6.45) is 3.68. The van der Waals surface area contributed by atoms with Crippen LogP contribution in [0.25, 0.3) is 10.6 Å². The number of hydrogen-bond donors (Lipinski definition) is 1. The van der Waals surface area contributed by atoms with E-state index in [1.807, 2.05) is 0 Å². The minimum atomic E-state index is -0.734. The average Bonchev–Trinajstić information content (AvgIpc) is 3.57. The summed E-state index contributed by atoms with van der Waals surface area (Å²) in [6, 6.07) is 2.95. The van der Waals surface area contributed by atoms with E-state index in [0.29, 0.717) is 37.2 Å². The third kappa shape index (κ3) is 5.41. The molecule has 0 spiro atoms. The normalized spacial score (nSPS) is 17.3. The van der Waals surface area contributed by atoms with E-state index in [1.165, 1.54) is 12.3 Å². The van der Waals surface area contributed by atoms with Crippen molar-refractivity contribution in [3.8, 4) is 16.3 Å². The Morgan fingerprint density at radius 2 is 2.00 bits per heavy atom. The highest BCUT2D eigenvalue weighted by atomic mass is 32.1. The highest BCUT2D eigenvalue weighted by molar-refractivity contribution is 7.14. The van der Waals surface area contributed by atoms with Gasteiger partial charge in [0.2, 0.25) is 5.43 Å². The topological polar surface area (TPSA) is 107 Å². The van der Waals surface area contributed by atoms with Gasteiger partial charge in [-0.1, -0.05) is 17.4 Å². The number of benzene rings is 1. The maximum atomic E-state index is 14.1. The van der Waals surface area contributed by atoms with Crippen molar-refractivity contribution in [3.05, 3.63) is 62.5 Å². The Hall–Kier alpha value is -3.22. The monoisotopic (exact) mass is 532 g/mol. The molecule has 1 aliphatic heterocycles. The molecule has 1 fully saturated rings. The van der Waals surface area contributed by atoms with E-state index >= 15 is 0 Å². The van der Waals surface area contributed by atoms with Crippen molar-refractivity contribution in [1.29, 1.82) is 0 Å². The summed E-state index contributed by atoms with van der Waals surface area (Å²) in [5, 5.41) is 19.7. The first-order chi connectivity index (χ1) is 17.9. The number of halogens is 2. The molecule has 196 valence electrons. The summed E-state index contributed by atoms with van der Waals surface area (Å²) in [6.45, 7) is 1.97. The Balaban J connectivity index is 1.47. The molecular weight excluding hydrogens is 506 g/mol. The van der Waals surface area contributed by atoms with Crippen LogP contribution in [0.5, 0.6) is 5.75 Å². The molecule has 1 N–H and O–H groups in total. The van der Waals surface area contributed by atoms with Gasteiger partial charge >= 0.3 is 0 Å². The van der Waals surface area contributed by atoms with Crippen LogP contribution in [-0.4, -0.2) is 70.7 Å². The molecule has 1 aromatic carbocycles. The fourth-order valence-corrected chi connectivity index (χ4v) is 5.24. The third-order valence-electron chi connectivity index (χ3n) is 6.50. The van der Waals surface area contributed by atoms with Gasteiger partial charge in [0, 0.05) is 38.9 Å². The lowest BCUT2D eigenvalue weighted by Gasteiger charge is -2.36. The fraction of sp³-hybridized carbons (Fsp3) is 0.440. The molecule has 3 aromatic rings. The van der Waals surface area contributed by atoms with Gasteiger partial charge in [-0.05, 0) is 30.4 Å². The number of amides is 1. The molecule has 0 radical (unpaired) electrons. The van der Waals surface area contributed by atoms with Crippen LogP contribution in [0, 0.1) is 17.6 Å². The van der Waals surface area contributed by atoms with Gasteiger partial charge in [-0.2, -0.15) is 0 Å². The number of pyridine rings is 1. The number of carbonyl (C=O) groups is 1. The van der Waals surface area contributed by atoms with Crippen molar-refractivity contribution in [2.75, 3.05) is 40.0 Å². The fourth-order valence-electron chi connectivity index (χ4n) is 4.37. The molecule has 0 unspecified atom stereocenters. The number of methoxy groups -OCH3 is 1.